The van der Waals surface area contributed by atoms with Crippen molar-refractivity contribution >= 4 is 9.17 Å². The van der Waals surface area contributed by atoms with Gasteiger partial charge in [0.15, 0.2) is 0 Å². The second-order valence-electron chi connectivity index (χ2n) is 0.850. The summed E-state index contributed by atoms with van der Waals surface area (Å²) in [5.41, 5.74) is 0. The molecule has 5 heteroatoms. The zero-order valence-electron chi connectivity index (χ0n) is 4.72. The summed E-state index contributed by atoms with van der Waals surface area (Å²) in [6, 6.07) is 0. The summed E-state index contributed by atoms with van der Waals surface area (Å²) < 4.78 is 13.6. The summed E-state index contributed by atoms with van der Waals surface area (Å²) in [7, 11) is -2.97. The van der Waals surface area contributed by atoms with Crippen molar-refractivity contribution in [3.63, 3.8) is 0 Å². The first kappa shape index (κ1) is 11.2. The standard InChI is InChI=1S/C3H5O3Si.Na/c1-2-3-6-7(4)5;/h2H,1,3H2;/q-1;+1. The average molecular weight is 140 g/mol. The molecule has 0 spiro atoms. The smallest absolute Gasteiger partial charge is 0.584 e. The second-order valence-corrected chi connectivity index (χ2v) is 1.64. The van der Waals surface area contributed by atoms with Crippen molar-refractivity contribution in [2.75, 3.05) is 6.61 Å². The molecule has 0 rings (SSSR count). The fraction of sp³-hybridized carbons (Fsp3) is 0.333. The van der Waals surface area contributed by atoms with Gasteiger partial charge in [0, 0.05) is 6.61 Å². The number of hydrogen-bond acceptors (Lipinski definition) is 3. The minimum atomic E-state index is -2.97. The Balaban J connectivity index is 0. The first-order valence-corrected chi connectivity index (χ1v) is 2.94. The van der Waals surface area contributed by atoms with E-state index >= 15 is 0 Å². The van der Waals surface area contributed by atoms with Crippen LogP contribution in [0, 0.1) is 0 Å². The van der Waals surface area contributed by atoms with Gasteiger partial charge in [0.2, 0.25) is 0 Å². The van der Waals surface area contributed by atoms with E-state index in [1.807, 2.05) is 0 Å². The first-order chi connectivity index (χ1) is 3.27. The molecule has 40 valence electrons. The van der Waals surface area contributed by atoms with Crippen LogP contribution in [0.3, 0.4) is 0 Å². The van der Waals surface area contributed by atoms with E-state index in [0.717, 1.165) is 0 Å². The molecule has 0 atom stereocenters. The molecule has 0 saturated heterocycles. The predicted molar refractivity (Wildman–Crippen MR) is 22.6 cm³/mol. The summed E-state index contributed by atoms with van der Waals surface area (Å²) in [4.78, 5) is 9.56. The van der Waals surface area contributed by atoms with Crippen molar-refractivity contribution < 1.29 is 43.2 Å². The molecule has 0 unspecified atom stereocenters. The summed E-state index contributed by atoms with van der Waals surface area (Å²) in [6.07, 6.45) is 1.38. The molecule has 0 aromatic heterocycles. The van der Waals surface area contributed by atoms with Gasteiger partial charge in [-0.1, -0.05) is 6.08 Å². The molecule has 0 bridgehead atoms. The fourth-order valence-corrected chi connectivity index (χ4v) is 0.381. The molecule has 0 aliphatic heterocycles. The van der Waals surface area contributed by atoms with Gasteiger partial charge in [-0.3, -0.25) is 0 Å². The van der Waals surface area contributed by atoms with Crippen LogP contribution in [0.4, 0.5) is 0 Å². The Morgan fingerprint density at radius 3 is 2.50 bits per heavy atom. The Bertz CT molecular complexity index is 84.6. The van der Waals surface area contributed by atoms with Crippen LogP contribution >= 0.6 is 0 Å². The molecule has 0 radical (unpaired) electrons. The summed E-state index contributed by atoms with van der Waals surface area (Å²) in [5.74, 6) is 0. The Morgan fingerprint density at radius 2 is 2.38 bits per heavy atom. The quantitative estimate of drug-likeness (QED) is 0.296. The van der Waals surface area contributed by atoms with E-state index in [0.29, 0.717) is 0 Å². The maximum Gasteiger partial charge on any atom is 1.00 e. The minimum absolute atomic E-state index is 0. The van der Waals surface area contributed by atoms with Crippen LogP contribution in [0.1, 0.15) is 0 Å². The zero-order valence-corrected chi connectivity index (χ0v) is 7.72. The Hall–Kier alpha value is 0.357. The van der Waals surface area contributed by atoms with Crippen LogP contribution in [-0.4, -0.2) is 15.8 Å². The molecule has 0 aliphatic rings. The van der Waals surface area contributed by atoms with Gasteiger partial charge in [-0.2, -0.15) is 0 Å². The average Bonchev–Trinajstić information content (AvgIpc) is 1.61. The number of hydrogen-bond donors (Lipinski definition) is 0. The fourth-order valence-electron chi connectivity index (χ4n) is 0.127. The molecule has 0 fully saturated rings. The van der Waals surface area contributed by atoms with Crippen molar-refractivity contribution in [2.45, 2.75) is 0 Å². The normalized spacial score (nSPS) is 6.50. The molecule has 0 N–H and O–H groups in total. The van der Waals surface area contributed by atoms with Gasteiger partial charge in [-0.15, -0.1) is 6.58 Å². The molecule has 8 heavy (non-hydrogen) atoms. The van der Waals surface area contributed by atoms with Crippen molar-refractivity contribution in [2.24, 2.45) is 0 Å². The van der Waals surface area contributed by atoms with Crippen LogP contribution < -0.4 is 34.4 Å². The van der Waals surface area contributed by atoms with Crippen LogP contribution in [-0.2, 0) is 8.89 Å². The van der Waals surface area contributed by atoms with Gasteiger partial charge >= 0.3 is 38.7 Å². The zero-order chi connectivity index (χ0) is 5.70. The molecular weight excluding hydrogens is 135 g/mol. The van der Waals surface area contributed by atoms with E-state index in [4.69, 9.17) is 0 Å². The monoisotopic (exact) mass is 140 g/mol. The predicted octanol–water partition coefficient (Wildman–Crippen LogP) is -4.03. The number of rotatable bonds is 3. The largest absolute Gasteiger partial charge is 1.00 e. The Labute approximate surface area is 71.6 Å². The van der Waals surface area contributed by atoms with E-state index < -0.39 is 9.17 Å². The van der Waals surface area contributed by atoms with Crippen molar-refractivity contribution in [3.8, 4) is 0 Å². The molecule has 0 heterocycles. The molecular formula is C3H5NaO3Si. The van der Waals surface area contributed by atoms with E-state index in [1.54, 1.807) is 0 Å². The van der Waals surface area contributed by atoms with Gasteiger partial charge in [0.05, 0.1) is 0 Å². The van der Waals surface area contributed by atoms with Crippen molar-refractivity contribution in [3.05, 3.63) is 12.7 Å². The molecule has 0 aromatic carbocycles. The summed E-state index contributed by atoms with van der Waals surface area (Å²) in [5, 5.41) is 0. The van der Waals surface area contributed by atoms with E-state index in [2.05, 4.69) is 11.0 Å². The van der Waals surface area contributed by atoms with Crippen LogP contribution in [0.2, 0.25) is 0 Å². The van der Waals surface area contributed by atoms with Gasteiger partial charge in [0.1, 0.15) is 0 Å². The Morgan fingerprint density at radius 1 is 1.88 bits per heavy atom. The molecule has 0 saturated carbocycles. The third kappa shape index (κ3) is 9.61. The molecule has 0 aliphatic carbocycles. The van der Waals surface area contributed by atoms with Crippen molar-refractivity contribution in [1.82, 2.24) is 0 Å². The topological polar surface area (TPSA) is 49.4 Å². The van der Waals surface area contributed by atoms with Gasteiger partial charge in [0.25, 0.3) is 0 Å². The second kappa shape index (κ2) is 7.36. The SMILES string of the molecule is C=CCO[Si](=O)[O-].[Na+]. The maximum absolute atomic E-state index is 9.56. The molecule has 0 amide bonds. The molecule has 3 nitrogen and oxygen atoms in total. The first-order valence-electron chi connectivity index (χ1n) is 1.72. The van der Waals surface area contributed by atoms with Gasteiger partial charge in [-0.25, -0.2) is 0 Å². The van der Waals surface area contributed by atoms with Crippen LogP contribution in [0.25, 0.3) is 0 Å². The van der Waals surface area contributed by atoms with E-state index in [9.17, 15) is 9.26 Å². The third-order valence-corrected chi connectivity index (χ3v) is 0.721. The maximum atomic E-state index is 9.56. The van der Waals surface area contributed by atoms with Crippen LogP contribution in [0.15, 0.2) is 12.7 Å². The summed E-state index contributed by atoms with van der Waals surface area (Å²) >= 11 is 0. The third-order valence-electron chi connectivity index (χ3n) is 0.319. The van der Waals surface area contributed by atoms with Gasteiger partial charge < -0.3 is 13.7 Å². The minimum Gasteiger partial charge on any atom is -0.584 e. The van der Waals surface area contributed by atoms with E-state index in [1.165, 1.54) is 6.08 Å². The Kier molecular flexibility index (Phi) is 10.3. The van der Waals surface area contributed by atoms with Crippen molar-refractivity contribution in [1.29, 1.82) is 0 Å². The van der Waals surface area contributed by atoms with Crippen LogP contribution in [0.5, 0.6) is 0 Å². The van der Waals surface area contributed by atoms with Gasteiger partial charge in [-0.05, 0) is 0 Å². The van der Waals surface area contributed by atoms with E-state index in [-0.39, 0.29) is 36.2 Å². The molecule has 0 aromatic rings. The summed E-state index contributed by atoms with van der Waals surface area (Å²) in [6.45, 7) is 3.33.